The van der Waals surface area contributed by atoms with E-state index in [1.807, 2.05) is 24.3 Å². The van der Waals surface area contributed by atoms with Crippen molar-refractivity contribution >= 4 is 23.2 Å². The van der Waals surface area contributed by atoms with Crippen molar-refractivity contribution in [2.45, 2.75) is 6.73 Å². The standard InChI is InChI=1S/C21H19ClF2N4O2/c22-15-1-4-17(5-2-15)26-9-11-27(12-10-26)21(29)19-7-8-28(25-19)14-30-20-6-3-16(23)13-18(20)24/h1-8,13H,9-12,14H2. The lowest BCUT2D eigenvalue weighted by Gasteiger charge is -2.35. The number of hydrogen-bond acceptors (Lipinski definition) is 4. The summed E-state index contributed by atoms with van der Waals surface area (Å²) >= 11 is 5.93. The molecule has 1 aliphatic rings. The van der Waals surface area contributed by atoms with Crippen LogP contribution in [0.1, 0.15) is 10.5 Å². The second-order valence-corrected chi connectivity index (χ2v) is 7.28. The van der Waals surface area contributed by atoms with Crippen LogP contribution in [-0.2, 0) is 6.73 Å². The molecule has 1 amide bonds. The highest BCUT2D eigenvalue weighted by molar-refractivity contribution is 6.30. The van der Waals surface area contributed by atoms with Crippen molar-refractivity contribution in [2.24, 2.45) is 0 Å². The summed E-state index contributed by atoms with van der Waals surface area (Å²) < 4.78 is 33.3. The summed E-state index contributed by atoms with van der Waals surface area (Å²) in [5.41, 5.74) is 1.36. The molecular formula is C21H19ClF2N4O2. The summed E-state index contributed by atoms with van der Waals surface area (Å²) in [5, 5.41) is 4.90. The molecule has 1 aliphatic heterocycles. The van der Waals surface area contributed by atoms with Crippen molar-refractivity contribution in [1.82, 2.24) is 14.7 Å². The first-order valence-electron chi connectivity index (χ1n) is 9.41. The summed E-state index contributed by atoms with van der Waals surface area (Å²) in [6.07, 6.45) is 1.58. The first-order valence-corrected chi connectivity index (χ1v) is 9.78. The van der Waals surface area contributed by atoms with Gasteiger partial charge in [-0.2, -0.15) is 5.10 Å². The van der Waals surface area contributed by atoms with Gasteiger partial charge in [-0.25, -0.2) is 13.5 Å². The van der Waals surface area contributed by atoms with Gasteiger partial charge in [-0.05, 0) is 42.5 Å². The Balaban J connectivity index is 1.32. The van der Waals surface area contributed by atoms with Gasteiger partial charge in [0.15, 0.2) is 24.0 Å². The topological polar surface area (TPSA) is 50.6 Å². The normalized spacial score (nSPS) is 14.1. The fraction of sp³-hybridized carbons (Fsp3) is 0.238. The van der Waals surface area contributed by atoms with Gasteiger partial charge in [0, 0.05) is 49.2 Å². The molecule has 1 aromatic heterocycles. The Bertz CT molecular complexity index is 1030. The zero-order chi connectivity index (χ0) is 21.1. The molecule has 0 saturated carbocycles. The van der Waals surface area contributed by atoms with Gasteiger partial charge in [-0.15, -0.1) is 0 Å². The summed E-state index contributed by atoms with van der Waals surface area (Å²) in [6, 6.07) is 12.3. The van der Waals surface area contributed by atoms with Gasteiger partial charge in [0.25, 0.3) is 5.91 Å². The van der Waals surface area contributed by atoms with E-state index in [2.05, 4.69) is 10.00 Å². The maximum absolute atomic E-state index is 13.6. The first-order chi connectivity index (χ1) is 14.5. The Hall–Kier alpha value is -3.13. The van der Waals surface area contributed by atoms with E-state index in [4.69, 9.17) is 16.3 Å². The molecule has 0 aliphatic carbocycles. The van der Waals surface area contributed by atoms with Crippen LogP contribution in [-0.4, -0.2) is 46.8 Å². The summed E-state index contributed by atoms with van der Waals surface area (Å²) in [4.78, 5) is 16.7. The van der Waals surface area contributed by atoms with Crippen LogP contribution < -0.4 is 9.64 Å². The van der Waals surface area contributed by atoms with Crippen LogP contribution in [0.2, 0.25) is 5.02 Å². The molecule has 6 nitrogen and oxygen atoms in total. The number of anilines is 1. The SMILES string of the molecule is O=C(c1ccn(COc2ccc(F)cc2F)n1)N1CCN(c2ccc(Cl)cc2)CC1. The molecule has 156 valence electrons. The number of nitrogens with zero attached hydrogens (tertiary/aromatic N) is 4. The molecule has 0 atom stereocenters. The minimum Gasteiger partial charge on any atom is -0.468 e. The van der Waals surface area contributed by atoms with Gasteiger partial charge >= 0.3 is 0 Å². The molecular weight excluding hydrogens is 414 g/mol. The molecule has 2 aromatic carbocycles. The second kappa shape index (κ2) is 8.71. The number of benzene rings is 2. The van der Waals surface area contributed by atoms with Crippen molar-refractivity contribution in [3.63, 3.8) is 0 Å². The summed E-state index contributed by atoms with van der Waals surface area (Å²) in [5.74, 6) is -1.73. The molecule has 3 aromatic rings. The van der Waals surface area contributed by atoms with E-state index in [0.717, 1.165) is 17.8 Å². The van der Waals surface area contributed by atoms with Crippen LogP contribution in [0.25, 0.3) is 0 Å². The number of carbonyl (C=O) groups is 1. The molecule has 2 heterocycles. The highest BCUT2D eigenvalue weighted by Gasteiger charge is 2.24. The number of aromatic nitrogens is 2. The molecule has 4 rings (SSSR count). The van der Waals surface area contributed by atoms with Crippen LogP contribution in [0.5, 0.6) is 5.75 Å². The third kappa shape index (κ3) is 4.54. The maximum Gasteiger partial charge on any atom is 0.274 e. The van der Waals surface area contributed by atoms with E-state index in [0.29, 0.717) is 31.2 Å². The van der Waals surface area contributed by atoms with E-state index < -0.39 is 11.6 Å². The van der Waals surface area contributed by atoms with E-state index in [9.17, 15) is 13.6 Å². The van der Waals surface area contributed by atoms with Crippen LogP contribution in [0, 0.1) is 11.6 Å². The smallest absolute Gasteiger partial charge is 0.274 e. The number of carbonyl (C=O) groups excluding carboxylic acids is 1. The minimum absolute atomic E-state index is 0.0851. The third-order valence-corrected chi connectivity index (χ3v) is 5.12. The fourth-order valence-electron chi connectivity index (χ4n) is 3.26. The largest absolute Gasteiger partial charge is 0.468 e. The summed E-state index contributed by atoms with van der Waals surface area (Å²) in [6.45, 7) is 2.47. The van der Waals surface area contributed by atoms with Crippen molar-refractivity contribution < 1.29 is 18.3 Å². The number of hydrogen-bond donors (Lipinski definition) is 0. The number of ether oxygens (including phenoxy) is 1. The Morgan fingerprint density at radius 2 is 1.77 bits per heavy atom. The van der Waals surface area contributed by atoms with Gasteiger partial charge < -0.3 is 14.5 Å². The number of halogens is 3. The molecule has 0 radical (unpaired) electrons. The lowest BCUT2D eigenvalue weighted by molar-refractivity contribution is 0.0738. The van der Waals surface area contributed by atoms with Crippen LogP contribution in [0.4, 0.5) is 14.5 Å². The van der Waals surface area contributed by atoms with Crippen LogP contribution in [0.3, 0.4) is 0 Å². The second-order valence-electron chi connectivity index (χ2n) is 6.84. The Kier molecular flexibility index (Phi) is 5.85. The van der Waals surface area contributed by atoms with Gasteiger partial charge in [0.1, 0.15) is 5.82 Å². The lowest BCUT2D eigenvalue weighted by Crippen LogP contribution is -2.48. The van der Waals surface area contributed by atoms with E-state index >= 15 is 0 Å². The van der Waals surface area contributed by atoms with Crippen LogP contribution in [0.15, 0.2) is 54.7 Å². The van der Waals surface area contributed by atoms with E-state index in [1.165, 1.54) is 10.7 Å². The predicted molar refractivity (Wildman–Crippen MR) is 109 cm³/mol. The van der Waals surface area contributed by atoms with Crippen molar-refractivity contribution in [2.75, 3.05) is 31.1 Å². The number of amides is 1. The third-order valence-electron chi connectivity index (χ3n) is 4.86. The minimum atomic E-state index is -0.794. The molecule has 0 unspecified atom stereocenters. The van der Waals surface area contributed by atoms with Gasteiger partial charge in [-0.1, -0.05) is 11.6 Å². The van der Waals surface area contributed by atoms with Gasteiger partial charge in [0.2, 0.25) is 0 Å². The quantitative estimate of drug-likeness (QED) is 0.615. The van der Waals surface area contributed by atoms with Crippen LogP contribution >= 0.6 is 11.6 Å². The van der Waals surface area contributed by atoms with E-state index in [1.54, 1.807) is 17.2 Å². The average molecular weight is 433 g/mol. The van der Waals surface area contributed by atoms with E-state index in [-0.39, 0.29) is 24.1 Å². The zero-order valence-electron chi connectivity index (χ0n) is 16.0. The van der Waals surface area contributed by atoms with Crippen molar-refractivity contribution in [3.05, 3.63) is 77.1 Å². The molecule has 0 N–H and O–H groups in total. The highest BCUT2D eigenvalue weighted by atomic mass is 35.5. The molecule has 0 bridgehead atoms. The van der Waals surface area contributed by atoms with Crippen molar-refractivity contribution in [3.8, 4) is 5.75 Å². The monoisotopic (exact) mass is 432 g/mol. The fourth-order valence-corrected chi connectivity index (χ4v) is 3.38. The molecule has 9 heteroatoms. The Labute approximate surface area is 177 Å². The lowest BCUT2D eigenvalue weighted by atomic mass is 10.2. The zero-order valence-corrected chi connectivity index (χ0v) is 16.7. The predicted octanol–water partition coefficient (Wildman–Crippen LogP) is 3.81. The molecule has 1 saturated heterocycles. The number of rotatable bonds is 5. The molecule has 30 heavy (non-hydrogen) atoms. The van der Waals surface area contributed by atoms with Gasteiger partial charge in [-0.3, -0.25) is 4.79 Å². The average Bonchev–Trinajstić information content (AvgIpc) is 3.22. The maximum atomic E-state index is 13.6. The molecule has 0 spiro atoms. The first kappa shape index (κ1) is 20.2. The Morgan fingerprint density at radius 1 is 1.03 bits per heavy atom. The van der Waals surface area contributed by atoms with Crippen molar-refractivity contribution in [1.29, 1.82) is 0 Å². The summed E-state index contributed by atoms with van der Waals surface area (Å²) in [7, 11) is 0. The number of piperazine rings is 1. The Morgan fingerprint density at radius 3 is 2.47 bits per heavy atom. The molecule has 1 fully saturated rings. The highest BCUT2D eigenvalue weighted by Crippen LogP contribution is 2.20. The van der Waals surface area contributed by atoms with Gasteiger partial charge in [0.05, 0.1) is 0 Å².